The van der Waals surface area contributed by atoms with Crippen LogP contribution < -0.4 is 5.32 Å². The van der Waals surface area contributed by atoms with Gasteiger partial charge in [-0.3, -0.25) is 4.79 Å². The van der Waals surface area contributed by atoms with Crippen molar-refractivity contribution in [2.75, 3.05) is 6.54 Å². The predicted molar refractivity (Wildman–Crippen MR) is 67.2 cm³/mol. The summed E-state index contributed by atoms with van der Waals surface area (Å²) in [6.07, 6.45) is 5.62. The van der Waals surface area contributed by atoms with Gasteiger partial charge in [-0.15, -0.1) is 25.0 Å². The van der Waals surface area contributed by atoms with Crippen LogP contribution in [0.25, 0.3) is 0 Å². The summed E-state index contributed by atoms with van der Waals surface area (Å²) in [4.78, 5) is 12.4. The van der Waals surface area contributed by atoms with Crippen molar-refractivity contribution in [3.05, 3.63) is 28.2 Å². The molecule has 0 atom stereocenters. The minimum Gasteiger partial charge on any atom is -0.351 e. The second-order valence-electron chi connectivity index (χ2n) is 2.87. The highest BCUT2D eigenvalue weighted by Gasteiger charge is 2.08. The third-order valence-electron chi connectivity index (χ3n) is 1.75. The standard InChI is InChI=1S/C11H10BrNOS/c1-2-3-6-13-11(14)9-7-8(15)4-5-10(9)12/h1,4-5,7,15H,3,6H2,(H,13,14). The number of hydrogen-bond donors (Lipinski definition) is 2. The molecule has 0 aliphatic carbocycles. The van der Waals surface area contributed by atoms with Crippen LogP contribution in [0, 0.1) is 12.3 Å². The van der Waals surface area contributed by atoms with Crippen molar-refractivity contribution in [2.24, 2.45) is 0 Å². The van der Waals surface area contributed by atoms with Crippen molar-refractivity contribution < 1.29 is 4.79 Å². The Labute approximate surface area is 103 Å². The lowest BCUT2D eigenvalue weighted by molar-refractivity contribution is 0.0953. The van der Waals surface area contributed by atoms with Crippen molar-refractivity contribution in [3.63, 3.8) is 0 Å². The molecule has 0 fully saturated rings. The highest BCUT2D eigenvalue weighted by Crippen LogP contribution is 2.19. The lowest BCUT2D eigenvalue weighted by Gasteiger charge is -2.05. The van der Waals surface area contributed by atoms with E-state index in [-0.39, 0.29) is 5.91 Å². The molecule has 0 spiro atoms. The van der Waals surface area contributed by atoms with Gasteiger partial charge >= 0.3 is 0 Å². The average Bonchev–Trinajstić information content (AvgIpc) is 2.22. The summed E-state index contributed by atoms with van der Waals surface area (Å²) >= 11 is 7.48. The molecule has 0 aliphatic rings. The summed E-state index contributed by atoms with van der Waals surface area (Å²) in [6.45, 7) is 0.485. The first kappa shape index (κ1) is 12.2. The van der Waals surface area contributed by atoms with E-state index in [9.17, 15) is 4.79 Å². The van der Waals surface area contributed by atoms with Gasteiger partial charge in [0.1, 0.15) is 0 Å². The third-order valence-corrected chi connectivity index (χ3v) is 2.72. The second kappa shape index (κ2) is 5.84. The Bertz CT molecular complexity index is 412. The molecule has 1 aromatic carbocycles. The quantitative estimate of drug-likeness (QED) is 0.498. The molecule has 1 amide bonds. The second-order valence-corrected chi connectivity index (χ2v) is 4.24. The van der Waals surface area contributed by atoms with Crippen LogP contribution in [0.1, 0.15) is 16.8 Å². The summed E-state index contributed by atoms with van der Waals surface area (Å²) in [5.41, 5.74) is 0.569. The molecule has 0 unspecified atom stereocenters. The topological polar surface area (TPSA) is 29.1 Å². The Balaban J connectivity index is 2.73. The Morgan fingerprint density at radius 2 is 2.33 bits per heavy atom. The van der Waals surface area contributed by atoms with E-state index in [0.717, 1.165) is 9.37 Å². The maximum absolute atomic E-state index is 11.6. The van der Waals surface area contributed by atoms with Crippen LogP contribution in [0.4, 0.5) is 0 Å². The van der Waals surface area contributed by atoms with Crippen molar-refractivity contribution in [2.45, 2.75) is 11.3 Å². The zero-order valence-corrected chi connectivity index (χ0v) is 10.4. The van der Waals surface area contributed by atoms with Crippen LogP contribution in [-0.2, 0) is 0 Å². The largest absolute Gasteiger partial charge is 0.351 e. The van der Waals surface area contributed by atoms with Crippen LogP contribution in [-0.4, -0.2) is 12.5 Å². The normalized spacial score (nSPS) is 9.40. The molecule has 15 heavy (non-hydrogen) atoms. The molecule has 0 saturated heterocycles. The number of carbonyl (C=O) groups is 1. The molecule has 78 valence electrons. The summed E-state index contributed by atoms with van der Waals surface area (Å²) in [7, 11) is 0. The molecule has 0 aromatic heterocycles. The van der Waals surface area contributed by atoms with Gasteiger partial charge in [0.2, 0.25) is 0 Å². The molecular weight excluding hydrogens is 274 g/mol. The zero-order chi connectivity index (χ0) is 11.3. The highest BCUT2D eigenvalue weighted by atomic mass is 79.9. The summed E-state index contributed by atoms with van der Waals surface area (Å²) < 4.78 is 0.749. The van der Waals surface area contributed by atoms with Gasteiger partial charge in [0.15, 0.2) is 0 Å². The molecule has 0 saturated carbocycles. The minimum atomic E-state index is -0.145. The van der Waals surface area contributed by atoms with E-state index >= 15 is 0 Å². The van der Waals surface area contributed by atoms with E-state index < -0.39 is 0 Å². The fourth-order valence-corrected chi connectivity index (χ4v) is 1.66. The van der Waals surface area contributed by atoms with Gasteiger partial charge in [-0.1, -0.05) is 0 Å². The van der Waals surface area contributed by atoms with Crippen LogP contribution in [0.2, 0.25) is 0 Å². The van der Waals surface area contributed by atoms with Crippen molar-refractivity contribution in [1.29, 1.82) is 0 Å². The predicted octanol–water partition coefficient (Wildman–Crippen LogP) is 2.49. The Hall–Kier alpha value is -0.920. The van der Waals surface area contributed by atoms with Gasteiger partial charge in [-0.25, -0.2) is 0 Å². The maximum atomic E-state index is 11.6. The number of thiol groups is 1. The number of nitrogens with one attached hydrogen (secondary N) is 1. The first-order chi connectivity index (χ1) is 7.15. The van der Waals surface area contributed by atoms with Gasteiger partial charge < -0.3 is 5.32 Å². The molecule has 0 bridgehead atoms. The van der Waals surface area contributed by atoms with E-state index in [1.165, 1.54) is 0 Å². The lowest BCUT2D eigenvalue weighted by Crippen LogP contribution is -2.24. The monoisotopic (exact) mass is 283 g/mol. The number of terminal acetylenes is 1. The Morgan fingerprint density at radius 1 is 1.60 bits per heavy atom. The average molecular weight is 284 g/mol. The molecular formula is C11H10BrNOS. The molecule has 2 nitrogen and oxygen atoms in total. The van der Waals surface area contributed by atoms with Gasteiger partial charge in [-0.05, 0) is 34.1 Å². The van der Waals surface area contributed by atoms with Gasteiger partial charge in [0.25, 0.3) is 5.91 Å². The number of rotatable bonds is 3. The summed E-state index contributed by atoms with van der Waals surface area (Å²) in [6, 6.07) is 5.31. The first-order valence-corrected chi connectivity index (χ1v) is 5.59. The van der Waals surface area contributed by atoms with Gasteiger partial charge in [0.05, 0.1) is 5.56 Å². The lowest BCUT2D eigenvalue weighted by atomic mass is 10.2. The Morgan fingerprint density at radius 3 is 3.00 bits per heavy atom. The van der Waals surface area contributed by atoms with Gasteiger partial charge in [-0.2, -0.15) is 0 Å². The molecule has 4 heteroatoms. The Kier molecular flexibility index (Phi) is 4.73. The molecule has 0 heterocycles. The first-order valence-electron chi connectivity index (χ1n) is 4.35. The number of halogens is 1. The van der Waals surface area contributed by atoms with E-state index in [0.29, 0.717) is 18.5 Å². The van der Waals surface area contributed by atoms with Crippen LogP contribution in [0.3, 0.4) is 0 Å². The number of benzene rings is 1. The van der Waals surface area contributed by atoms with E-state index in [4.69, 9.17) is 6.42 Å². The fraction of sp³-hybridized carbons (Fsp3) is 0.182. The van der Waals surface area contributed by atoms with E-state index in [2.05, 4.69) is 39.8 Å². The SMILES string of the molecule is C#CCCNC(=O)c1cc(S)ccc1Br. The van der Waals surface area contributed by atoms with E-state index in [1.807, 2.05) is 6.07 Å². The molecule has 1 aromatic rings. The highest BCUT2D eigenvalue weighted by molar-refractivity contribution is 9.10. The zero-order valence-electron chi connectivity index (χ0n) is 7.96. The number of carbonyl (C=O) groups excluding carboxylic acids is 1. The molecule has 0 aliphatic heterocycles. The summed E-state index contributed by atoms with van der Waals surface area (Å²) in [5, 5.41) is 2.72. The van der Waals surface area contributed by atoms with Crippen LogP contribution in [0.15, 0.2) is 27.6 Å². The van der Waals surface area contributed by atoms with Crippen LogP contribution >= 0.6 is 28.6 Å². The van der Waals surface area contributed by atoms with E-state index in [1.54, 1.807) is 12.1 Å². The van der Waals surface area contributed by atoms with Crippen molar-refractivity contribution in [3.8, 4) is 12.3 Å². The molecule has 0 radical (unpaired) electrons. The number of hydrogen-bond acceptors (Lipinski definition) is 2. The number of amides is 1. The van der Waals surface area contributed by atoms with Gasteiger partial charge in [0, 0.05) is 22.3 Å². The molecule has 1 rings (SSSR count). The minimum absolute atomic E-state index is 0.145. The van der Waals surface area contributed by atoms with Crippen molar-refractivity contribution >= 4 is 34.5 Å². The van der Waals surface area contributed by atoms with Crippen LogP contribution in [0.5, 0.6) is 0 Å². The fourth-order valence-electron chi connectivity index (χ4n) is 1.03. The maximum Gasteiger partial charge on any atom is 0.252 e. The third kappa shape index (κ3) is 3.61. The molecule has 1 N–H and O–H groups in total. The smallest absolute Gasteiger partial charge is 0.252 e. The summed E-state index contributed by atoms with van der Waals surface area (Å²) in [5.74, 6) is 2.31. The van der Waals surface area contributed by atoms with Crippen molar-refractivity contribution in [1.82, 2.24) is 5.32 Å².